The zero-order valence-electron chi connectivity index (χ0n) is 4.06. The molecule has 0 aromatic rings. The van der Waals surface area contributed by atoms with Gasteiger partial charge in [-0.25, -0.2) is 0 Å². The molecule has 0 aromatic carbocycles. The molecule has 6 heavy (non-hydrogen) atoms. The van der Waals surface area contributed by atoms with Gasteiger partial charge in [0, 0.05) is 0 Å². The van der Waals surface area contributed by atoms with E-state index >= 15 is 0 Å². The van der Waals surface area contributed by atoms with Crippen molar-refractivity contribution in [1.29, 1.82) is 0 Å². The van der Waals surface area contributed by atoms with Crippen molar-refractivity contribution >= 4 is 11.9 Å². The predicted octanol–water partition coefficient (Wildman–Crippen LogP) is -4.50. The van der Waals surface area contributed by atoms with Gasteiger partial charge in [0.2, 0.25) is 0 Å². The summed E-state index contributed by atoms with van der Waals surface area (Å²) in [6.45, 7) is 0. The van der Waals surface area contributed by atoms with Gasteiger partial charge in [0.25, 0.3) is 0 Å². The molecule has 0 aliphatic heterocycles. The van der Waals surface area contributed by atoms with Gasteiger partial charge in [-0.05, 0) is 0 Å². The van der Waals surface area contributed by atoms with Crippen molar-refractivity contribution in [3.63, 3.8) is 0 Å². The van der Waals surface area contributed by atoms with Crippen LogP contribution in [0.5, 0.6) is 0 Å². The summed E-state index contributed by atoms with van der Waals surface area (Å²) in [5.41, 5.74) is 0. The fraction of sp³-hybridized carbons (Fsp3) is 0. The van der Waals surface area contributed by atoms with Crippen LogP contribution in [-0.2, 0) is 0 Å². The first-order valence-corrected chi connectivity index (χ1v) is 1.48. The molecule has 6 heteroatoms. The second-order valence-electron chi connectivity index (χ2n) is 0.0690. The van der Waals surface area contributed by atoms with Crippen molar-refractivity contribution in [2.24, 2.45) is 0 Å². The van der Waals surface area contributed by atoms with Gasteiger partial charge >= 0.3 is 40.9 Å². The number of halogens is 2. The van der Waals surface area contributed by atoms with Crippen LogP contribution < -0.4 is 34.2 Å². The van der Waals surface area contributed by atoms with E-state index in [0.29, 0.717) is 0 Å². The van der Waals surface area contributed by atoms with Crippen LogP contribution in [0.1, 0.15) is 1.43 Å². The van der Waals surface area contributed by atoms with E-state index in [4.69, 9.17) is 14.0 Å². The summed E-state index contributed by atoms with van der Waals surface area (Å²) in [6, 6.07) is 0. The summed E-state index contributed by atoms with van der Waals surface area (Å²) in [4.78, 5) is 0. The van der Waals surface area contributed by atoms with E-state index in [1.807, 2.05) is 0 Å². The van der Waals surface area contributed by atoms with Gasteiger partial charge in [-0.2, -0.15) is 0 Å². The summed E-state index contributed by atoms with van der Waals surface area (Å²) in [5.74, 6) is 0. The van der Waals surface area contributed by atoms with Crippen LogP contribution in [0.25, 0.3) is 0 Å². The Balaban J connectivity index is -0.0000000105. The molecule has 0 amide bonds. The van der Waals surface area contributed by atoms with Gasteiger partial charge in [-0.3, -0.25) is 4.66 Å². The second kappa shape index (κ2) is 31.8. The average molecular weight is 145 g/mol. The maximum absolute atomic E-state index is 8.35. The fourth-order valence-corrected chi connectivity index (χ4v) is 0. The summed E-state index contributed by atoms with van der Waals surface area (Å²) < 4.78 is 21.7. The van der Waals surface area contributed by atoms with E-state index in [0.717, 1.165) is 0 Å². The van der Waals surface area contributed by atoms with Gasteiger partial charge in [-0.15, -0.1) is 4.66 Å². The molecule has 0 unspecified atom stereocenters. The second-order valence-corrected chi connectivity index (χ2v) is 0.207. The normalized spacial score (nSPS) is 4.00. The van der Waals surface area contributed by atoms with Gasteiger partial charge < -0.3 is 6.09 Å². The third kappa shape index (κ3) is 51.0. The van der Waals surface area contributed by atoms with Crippen molar-refractivity contribution in [3.8, 4) is 0 Å². The molecule has 0 saturated carbocycles. The van der Waals surface area contributed by atoms with E-state index in [-0.39, 0.29) is 42.3 Å². The molecular weight excluding hydrogens is 142 g/mol. The topological polar surface area (TPSA) is 63.5 Å². The number of rotatable bonds is 0. The maximum atomic E-state index is 8.35. The van der Waals surface area contributed by atoms with Gasteiger partial charge in [0.05, 0.1) is 11.9 Å². The Morgan fingerprint density at radius 3 is 1.67 bits per heavy atom. The molecule has 0 aliphatic rings. The van der Waals surface area contributed by atoms with E-state index in [2.05, 4.69) is 11.9 Å². The van der Waals surface area contributed by atoms with Crippen molar-refractivity contribution in [1.82, 2.24) is 0 Å². The SMILES string of the molecule is OCl.[H-].[Na+].[O-][Cl+]O. The quantitative estimate of drug-likeness (QED) is 0.337. The van der Waals surface area contributed by atoms with E-state index in [1.165, 1.54) is 0 Å². The minimum Gasteiger partial charge on any atom is -1.00 e. The Kier molecular flexibility index (Phi) is 83.0. The molecule has 0 rings (SSSR count). The third-order valence-corrected chi connectivity index (χ3v) is 0. The predicted molar refractivity (Wildman–Crippen MR) is 11.4 cm³/mol. The van der Waals surface area contributed by atoms with Crippen LogP contribution in [0.2, 0.25) is 0 Å². The number of hydrogen-bond acceptors (Lipinski definition) is 3. The molecule has 3 nitrogen and oxygen atoms in total. The van der Waals surface area contributed by atoms with E-state index in [1.54, 1.807) is 0 Å². The molecule has 0 aromatic heterocycles. The summed E-state index contributed by atoms with van der Waals surface area (Å²) in [6.07, 6.45) is 0. The minimum absolute atomic E-state index is 0. The maximum Gasteiger partial charge on any atom is 1.00 e. The van der Waals surface area contributed by atoms with Crippen molar-refractivity contribution in [2.45, 2.75) is 0 Å². The molecule has 36 valence electrons. The molecule has 0 bridgehead atoms. The molecule has 0 spiro atoms. The van der Waals surface area contributed by atoms with Crippen molar-refractivity contribution in [2.75, 3.05) is 0 Å². The Morgan fingerprint density at radius 2 is 1.67 bits per heavy atom. The molecule has 0 atom stereocenters. The summed E-state index contributed by atoms with van der Waals surface area (Å²) in [7, 11) is 0. The number of hydrogen-bond donors (Lipinski definition) is 2. The van der Waals surface area contributed by atoms with Gasteiger partial charge in [0.15, 0.2) is 0 Å². The van der Waals surface area contributed by atoms with Gasteiger partial charge in [0.1, 0.15) is 0 Å². The van der Waals surface area contributed by atoms with Crippen LogP contribution in [0.4, 0.5) is 0 Å². The van der Waals surface area contributed by atoms with Crippen molar-refractivity contribution in [3.05, 3.63) is 0 Å². The van der Waals surface area contributed by atoms with Crippen LogP contribution in [-0.4, -0.2) is 9.32 Å². The zero-order chi connectivity index (χ0) is 4.71. The van der Waals surface area contributed by atoms with E-state index in [9.17, 15) is 0 Å². The Morgan fingerprint density at radius 1 is 1.67 bits per heavy atom. The molecule has 0 radical (unpaired) electrons. The molecule has 2 N–H and O–H groups in total. The Bertz CT molecular complexity index is 12.9. The Labute approximate surface area is 67.9 Å². The van der Waals surface area contributed by atoms with Gasteiger partial charge in [-0.1, -0.05) is 0 Å². The van der Waals surface area contributed by atoms with Crippen LogP contribution in [0.3, 0.4) is 0 Å². The smallest absolute Gasteiger partial charge is 1.00 e. The summed E-state index contributed by atoms with van der Waals surface area (Å²) >= 11 is 3.47. The first-order chi connectivity index (χ1) is 2.41. The Hall–Kier alpha value is 1.46. The molecule has 0 heterocycles. The van der Waals surface area contributed by atoms with E-state index < -0.39 is 0 Å². The van der Waals surface area contributed by atoms with Crippen LogP contribution in [0.15, 0.2) is 0 Å². The molecule has 0 fully saturated rings. The largest absolute Gasteiger partial charge is 1.00 e. The monoisotopic (exact) mass is 144 g/mol. The van der Waals surface area contributed by atoms with Crippen LogP contribution >= 0.6 is 11.9 Å². The molecule has 0 aliphatic carbocycles. The first kappa shape index (κ1) is 15.7. The zero-order valence-corrected chi connectivity index (χ0v) is 6.57. The fourth-order valence-electron chi connectivity index (χ4n) is 0. The molecular formula is H3Cl2NaO3. The first-order valence-electron chi connectivity index (χ1n) is 0.492. The van der Waals surface area contributed by atoms with Crippen molar-refractivity contribution < 1.29 is 56.3 Å². The molecule has 0 saturated heterocycles. The minimum atomic E-state index is -0.167. The standard InChI is InChI=1S/ClHO2.ClHO.Na.H/c2-1-3;1-2;;/h2H;2H;;/q;;+1;-1. The van der Waals surface area contributed by atoms with Crippen LogP contribution in [0, 0.1) is 11.3 Å². The third-order valence-electron chi connectivity index (χ3n) is 0. The summed E-state index contributed by atoms with van der Waals surface area (Å²) in [5, 5.41) is 0. The average Bonchev–Trinajstić information content (AvgIpc) is 1.46.